The molecule has 0 N–H and O–H groups in total. The Balaban J connectivity index is 1.91. The number of rotatable bonds is 12. The highest BCUT2D eigenvalue weighted by atomic mass is 79.9. The molecule has 236 valence electrons. The number of halogens is 4. The molecular formula is C30H28Br2Cl2O10. The highest BCUT2D eigenvalue weighted by Crippen LogP contribution is 2.93. The van der Waals surface area contributed by atoms with Crippen molar-refractivity contribution in [2.45, 2.75) is 44.3 Å². The van der Waals surface area contributed by atoms with E-state index in [2.05, 4.69) is 31.9 Å². The van der Waals surface area contributed by atoms with E-state index in [1.54, 1.807) is 76.2 Å². The standard InChI is InChI=1S/C30H28Br2Cl2O10/c1-5-38-23(35)21-22(33)29(41-8-4)27(25(37)40-7-3)26(24(36)39-6-2,30(27,34)43-20-15-11-18(32)12-16-20)28(21,44-29)42-19-13-9-17(31)10-14-19/h9-16H,5-8H2,1-4H3. The molecule has 0 aromatic heterocycles. The molecule has 2 bridgehead atoms. The molecule has 2 aromatic rings. The van der Waals surface area contributed by atoms with Crippen LogP contribution in [0.5, 0.6) is 11.5 Å². The van der Waals surface area contributed by atoms with E-state index in [4.69, 9.17) is 56.4 Å². The molecule has 2 aliphatic heterocycles. The van der Waals surface area contributed by atoms with Gasteiger partial charge in [-0.1, -0.05) is 55.1 Å². The number of hydrogen-bond acceptors (Lipinski definition) is 10. The van der Waals surface area contributed by atoms with Crippen LogP contribution in [0.1, 0.15) is 27.7 Å². The summed E-state index contributed by atoms with van der Waals surface area (Å²) in [5.74, 6) is -7.84. The van der Waals surface area contributed by atoms with Crippen molar-refractivity contribution in [1.29, 1.82) is 0 Å². The van der Waals surface area contributed by atoms with E-state index in [-0.39, 0.29) is 37.9 Å². The molecule has 5 unspecified atom stereocenters. The molecule has 10 nitrogen and oxygen atoms in total. The van der Waals surface area contributed by atoms with Crippen molar-refractivity contribution < 1.29 is 47.5 Å². The smallest absolute Gasteiger partial charge is 0.342 e. The van der Waals surface area contributed by atoms with E-state index < -0.39 is 56.0 Å². The summed E-state index contributed by atoms with van der Waals surface area (Å²) in [6, 6.07) is 12.9. The molecule has 5 atom stereocenters. The van der Waals surface area contributed by atoms with Crippen LogP contribution in [0.4, 0.5) is 0 Å². The maximum absolute atomic E-state index is 14.6. The number of ether oxygens (including phenoxy) is 7. The molecule has 0 amide bonds. The fraction of sp³-hybridized carbons (Fsp3) is 0.433. The van der Waals surface area contributed by atoms with Crippen molar-refractivity contribution in [2.24, 2.45) is 10.8 Å². The molecule has 14 heteroatoms. The van der Waals surface area contributed by atoms with Crippen LogP contribution >= 0.6 is 55.1 Å². The monoisotopic (exact) mass is 776 g/mol. The van der Waals surface area contributed by atoms with Gasteiger partial charge in [0.25, 0.3) is 5.79 Å². The predicted molar refractivity (Wildman–Crippen MR) is 164 cm³/mol. The summed E-state index contributed by atoms with van der Waals surface area (Å²) in [6.07, 6.45) is 0. The van der Waals surface area contributed by atoms with Crippen molar-refractivity contribution in [2.75, 3.05) is 26.4 Å². The average molecular weight is 779 g/mol. The highest BCUT2D eigenvalue weighted by molar-refractivity contribution is 9.10. The fourth-order valence-corrected chi connectivity index (χ4v) is 8.00. The molecule has 2 heterocycles. The lowest BCUT2D eigenvalue weighted by molar-refractivity contribution is -0.292. The summed E-state index contributed by atoms with van der Waals surface area (Å²) in [6.45, 7) is 5.88. The summed E-state index contributed by atoms with van der Waals surface area (Å²) in [5.41, 5.74) is -5.32. The molecule has 1 saturated carbocycles. The first kappa shape index (κ1) is 33.0. The number of hydrogen-bond donors (Lipinski definition) is 0. The summed E-state index contributed by atoms with van der Waals surface area (Å²) >= 11 is 21.3. The fourth-order valence-electron chi connectivity index (χ4n) is 6.31. The Hall–Kier alpha value is -2.35. The van der Waals surface area contributed by atoms with Gasteiger partial charge in [-0.15, -0.1) is 0 Å². The van der Waals surface area contributed by atoms with Gasteiger partial charge in [0, 0.05) is 15.6 Å². The summed E-state index contributed by atoms with van der Waals surface area (Å²) < 4.78 is 43.6. The largest absolute Gasteiger partial charge is 0.469 e. The second-order valence-electron chi connectivity index (χ2n) is 9.83. The molecule has 2 fully saturated rings. The Kier molecular flexibility index (Phi) is 8.84. The number of carbonyl (C=O) groups is 3. The third kappa shape index (κ3) is 4.00. The van der Waals surface area contributed by atoms with Crippen molar-refractivity contribution >= 4 is 73.0 Å². The van der Waals surface area contributed by atoms with Crippen molar-refractivity contribution in [3.63, 3.8) is 0 Å². The molecule has 44 heavy (non-hydrogen) atoms. The minimum Gasteiger partial charge on any atom is -0.469 e. The first-order chi connectivity index (χ1) is 20.9. The van der Waals surface area contributed by atoms with Gasteiger partial charge in [0.1, 0.15) is 17.1 Å². The van der Waals surface area contributed by atoms with E-state index in [1.807, 2.05) is 0 Å². The normalized spacial score (nSPS) is 31.3. The van der Waals surface area contributed by atoms with Gasteiger partial charge in [-0.05, 0) is 76.2 Å². The topological polar surface area (TPSA) is 116 Å². The van der Waals surface area contributed by atoms with Crippen molar-refractivity contribution in [3.8, 4) is 11.5 Å². The zero-order chi connectivity index (χ0) is 32.1. The first-order valence-electron chi connectivity index (χ1n) is 13.8. The van der Waals surface area contributed by atoms with Crippen LogP contribution in [0.15, 0.2) is 68.1 Å². The Morgan fingerprint density at radius 2 is 1.16 bits per heavy atom. The maximum atomic E-state index is 14.6. The van der Waals surface area contributed by atoms with Gasteiger partial charge in [-0.2, -0.15) is 0 Å². The Morgan fingerprint density at radius 3 is 1.61 bits per heavy atom. The average Bonchev–Trinajstić information content (AvgIpc) is 3.26. The van der Waals surface area contributed by atoms with E-state index in [9.17, 15) is 14.4 Å². The van der Waals surface area contributed by atoms with Gasteiger partial charge in [-0.3, -0.25) is 14.3 Å². The summed E-state index contributed by atoms with van der Waals surface area (Å²) in [4.78, 5) is 42.8. The van der Waals surface area contributed by atoms with Gasteiger partial charge >= 0.3 is 17.9 Å². The van der Waals surface area contributed by atoms with Crippen LogP contribution in [-0.4, -0.2) is 61.0 Å². The summed E-state index contributed by atoms with van der Waals surface area (Å²) in [7, 11) is 0. The molecule has 2 aromatic carbocycles. The number of alkyl halides is 1. The van der Waals surface area contributed by atoms with Gasteiger partial charge in [0.15, 0.2) is 0 Å². The Labute approximate surface area is 280 Å². The summed E-state index contributed by atoms with van der Waals surface area (Å²) in [5, 5.41) is -2.83. The first-order valence-corrected chi connectivity index (χ1v) is 16.1. The Bertz CT molecular complexity index is 1520. The van der Waals surface area contributed by atoms with Crippen molar-refractivity contribution in [3.05, 3.63) is 68.1 Å². The van der Waals surface area contributed by atoms with Crippen LogP contribution in [-0.2, 0) is 38.1 Å². The second kappa shape index (κ2) is 11.8. The highest BCUT2D eigenvalue weighted by Gasteiger charge is 3.17. The molecule has 0 spiro atoms. The molecular weight excluding hydrogens is 751 g/mol. The minimum absolute atomic E-state index is 0.0701. The van der Waals surface area contributed by atoms with E-state index in [0.717, 1.165) is 4.47 Å². The van der Waals surface area contributed by atoms with Crippen LogP contribution in [0.3, 0.4) is 0 Å². The molecule has 5 rings (SSSR count). The number of carbonyl (C=O) groups excluding carboxylic acids is 3. The van der Waals surface area contributed by atoms with E-state index >= 15 is 0 Å². The molecule has 3 aliphatic rings. The molecule has 1 aliphatic carbocycles. The third-order valence-corrected chi connectivity index (χ3v) is 9.85. The van der Waals surface area contributed by atoms with Gasteiger partial charge < -0.3 is 28.4 Å². The minimum atomic E-state index is -2.57. The zero-order valence-corrected chi connectivity index (χ0v) is 28.7. The SMILES string of the molecule is CCOC(=O)C1=C(Cl)C2(OCC)OC1(Oc1ccc(Br)cc1)C1(C(=O)OCC)C(Cl)(Oc3ccc(Br)cc3)C21C(=O)OCC. The lowest BCUT2D eigenvalue weighted by Crippen LogP contribution is -2.56. The van der Waals surface area contributed by atoms with E-state index in [0.29, 0.717) is 4.47 Å². The van der Waals surface area contributed by atoms with Crippen LogP contribution in [0, 0.1) is 10.8 Å². The van der Waals surface area contributed by atoms with Crippen molar-refractivity contribution in [1.82, 2.24) is 0 Å². The predicted octanol–water partition coefficient (Wildman–Crippen LogP) is 6.25. The number of esters is 3. The molecule has 1 saturated heterocycles. The molecule has 0 radical (unpaired) electrons. The number of benzene rings is 2. The zero-order valence-electron chi connectivity index (χ0n) is 24.0. The lowest BCUT2D eigenvalue weighted by atomic mass is 9.75. The van der Waals surface area contributed by atoms with Crippen LogP contribution in [0.25, 0.3) is 0 Å². The second-order valence-corrected chi connectivity index (χ2v) is 12.6. The quantitative estimate of drug-likeness (QED) is 0.139. The van der Waals surface area contributed by atoms with Gasteiger partial charge in [-0.25, -0.2) is 4.79 Å². The lowest BCUT2D eigenvalue weighted by Gasteiger charge is -2.38. The number of fused-ring (bicyclic) bond motifs is 5. The van der Waals surface area contributed by atoms with Gasteiger partial charge in [0.2, 0.25) is 21.7 Å². The van der Waals surface area contributed by atoms with E-state index in [1.165, 1.54) is 0 Å². The maximum Gasteiger partial charge on any atom is 0.342 e. The Morgan fingerprint density at radius 1 is 0.705 bits per heavy atom. The van der Waals surface area contributed by atoms with Gasteiger partial charge in [0.05, 0.1) is 24.9 Å². The van der Waals surface area contributed by atoms with Crippen LogP contribution in [0.2, 0.25) is 0 Å². The van der Waals surface area contributed by atoms with Crippen LogP contribution < -0.4 is 9.47 Å². The third-order valence-electron chi connectivity index (χ3n) is 7.71.